The molecule has 7 rings (SSSR count). The maximum atomic E-state index is 5.93. The summed E-state index contributed by atoms with van der Waals surface area (Å²) in [6, 6.07) is 23.1. The molecule has 36 heavy (non-hydrogen) atoms. The molecule has 0 unspecified atom stereocenters. The van der Waals surface area contributed by atoms with E-state index in [4.69, 9.17) is 14.5 Å². The fraction of sp³-hybridized carbons (Fsp3) is 0.452. The zero-order chi connectivity index (χ0) is 24.7. The summed E-state index contributed by atoms with van der Waals surface area (Å²) < 4.78 is 11.9. The van der Waals surface area contributed by atoms with Crippen LogP contribution in [0.4, 0.5) is 0 Å². The molecule has 0 radical (unpaired) electrons. The molecule has 5 nitrogen and oxygen atoms in total. The summed E-state index contributed by atoms with van der Waals surface area (Å²) >= 11 is 0. The predicted octanol–water partition coefficient (Wildman–Crippen LogP) is 6.55. The van der Waals surface area contributed by atoms with E-state index >= 15 is 0 Å². The van der Waals surface area contributed by atoms with Gasteiger partial charge in [0.25, 0.3) is 0 Å². The third-order valence-corrected chi connectivity index (χ3v) is 6.56. The summed E-state index contributed by atoms with van der Waals surface area (Å²) in [7, 11) is 0. The number of hydrogen-bond acceptors (Lipinski definition) is 5. The number of aromatic nitrogens is 1. The Labute approximate surface area is 216 Å². The van der Waals surface area contributed by atoms with Crippen LogP contribution < -0.4 is 20.1 Å². The van der Waals surface area contributed by atoms with Crippen molar-refractivity contribution in [3.05, 3.63) is 89.2 Å². The van der Waals surface area contributed by atoms with E-state index in [-0.39, 0.29) is 0 Å². The van der Waals surface area contributed by atoms with Crippen LogP contribution in [0.1, 0.15) is 73.9 Å². The van der Waals surface area contributed by atoms with Gasteiger partial charge in [0.05, 0.1) is 24.6 Å². The number of rotatable bonds is 0. The van der Waals surface area contributed by atoms with Gasteiger partial charge in [-0.15, -0.1) is 0 Å². The van der Waals surface area contributed by atoms with Gasteiger partial charge in [-0.25, -0.2) is 0 Å². The van der Waals surface area contributed by atoms with Crippen molar-refractivity contribution in [3.63, 3.8) is 0 Å². The Bertz CT molecular complexity index is 926. The van der Waals surface area contributed by atoms with Gasteiger partial charge in [-0.05, 0) is 60.4 Å². The number of nitrogens with one attached hydrogen (secondary N) is 2. The molecule has 6 bridgehead atoms. The molecule has 0 fully saturated rings. The molecule has 5 heterocycles. The average Bonchev–Trinajstić information content (AvgIpc) is 2.91. The second kappa shape index (κ2) is 15.3. The smallest absolute Gasteiger partial charge is 0.119 e. The molecule has 0 saturated heterocycles. The SMILES string of the molecule is c1cc2nc(c1)CNCc1ccc(cc1)OCCCCCCCCCCOc1ccc(cc1)CNC2. The van der Waals surface area contributed by atoms with Crippen LogP contribution >= 0.6 is 0 Å². The van der Waals surface area contributed by atoms with E-state index in [0.29, 0.717) is 0 Å². The lowest BCUT2D eigenvalue weighted by Crippen LogP contribution is -2.16. The summed E-state index contributed by atoms with van der Waals surface area (Å²) in [5.74, 6) is 1.92. The van der Waals surface area contributed by atoms with Gasteiger partial charge < -0.3 is 20.1 Å². The highest BCUT2D eigenvalue weighted by molar-refractivity contribution is 5.28. The van der Waals surface area contributed by atoms with Gasteiger partial charge in [0.1, 0.15) is 11.5 Å². The lowest BCUT2D eigenvalue weighted by Gasteiger charge is -2.10. The van der Waals surface area contributed by atoms with E-state index in [1.165, 1.54) is 49.7 Å². The lowest BCUT2D eigenvalue weighted by molar-refractivity contribution is 0.301. The third-order valence-electron chi connectivity index (χ3n) is 6.56. The fourth-order valence-corrected chi connectivity index (χ4v) is 4.45. The minimum absolute atomic E-state index is 0.744. The Kier molecular flexibility index (Phi) is 11.1. The molecule has 0 aliphatic carbocycles. The van der Waals surface area contributed by atoms with E-state index in [9.17, 15) is 0 Å². The van der Waals surface area contributed by atoms with Crippen LogP contribution in [0.15, 0.2) is 66.7 Å². The molecule has 4 aliphatic rings. The third kappa shape index (κ3) is 9.63. The van der Waals surface area contributed by atoms with E-state index < -0.39 is 0 Å². The molecule has 0 amide bonds. The van der Waals surface area contributed by atoms with Crippen LogP contribution in [0.25, 0.3) is 0 Å². The number of ether oxygens (including phenoxy) is 2. The predicted molar refractivity (Wildman–Crippen MR) is 146 cm³/mol. The van der Waals surface area contributed by atoms with Crippen LogP contribution in [-0.2, 0) is 26.2 Å². The van der Waals surface area contributed by atoms with Crippen LogP contribution in [0.5, 0.6) is 11.5 Å². The summed E-state index contributed by atoms with van der Waals surface area (Å²) in [5.41, 5.74) is 4.61. The number of nitrogens with zero attached hydrogens (tertiary/aromatic N) is 1. The Balaban J connectivity index is 1.29. The molecule has 192 valence electrons. The highest BCUT2D eigenvalue weighted by Crippen LogP contribution is 2.16. The summed E-state index contributed by atoms with van der Waals surface area (Å²) in [6.07, 6.45) is 9.95. The number of hydrogen-bond donors (Lipinski definition) is 2. The van der Waals surface area contributed by atoms with Gasteiger partial charge in [0.15, 0.2) is 0 Å². The first kappa shape index (κ1) is 26.2. The minimum atomic E-state index is 0.744. The van der Waals surface area contributed by atoms with E-state index in [1.54, 1.807) is 0 Å². The van der Waals surface area contributed by atoms with Crippen molar-refractivity contribution in [1.82, 2.24) is 15.6 Å². The number of benzene rings is 2. The van der Waals surface area contributed by atoms with Gasteiger partial charge >= 0.3 is 0 Å². The summed E-state index contributed by atoms with van der Waals surface area (Å²) in [4.78, 5) is 4.80. The van der Waals surface area contributed by atoms with E-state index in [0.717, 1.165) is 75.1 Å². The largest absolute Gasteiger partial charge is 0.494 e. The Hall–Kier alpha value is -2.89. The van der Waals surface area contributed by atoms with Gasteiger partial charge in [-0.1, -0.05) is 68.9 Å². The molecule has 1 aromatic heterocycles. The van der Waals surface area contributed by atoms with Gasteiger partial charge in [-0.3, -0.25) is 4.98 Å². The minimum Gasteiger partial charge on any atom is -0.494 e. The molecule has 2 aromatic carbocycles. The molecule has 0 saturated carbocycles. The fourth-order valence-electron chi connectivity index (χ4n) is 4.45. The standard InChI is InChI=1S/C31H41N3O2/c1-2-4-6-8-21-36-31-18-14-27(15-19-31)23-33-25-29-11-9-10-28(34-29)24-32-22-26-12-16-30(17-13-26)35-20-7-5-3-1/h9-19,32-33H,1-8,20-25H2. The molecule has 5 heteroatoms. The van der Waals surface area contributed by atoms with Crippen LogP contribution in [-0.4, -0.2) is 18.2 Å². The maximum Gasteiger partial charge on any atom is 0.119 e. The molecule has 0 spiro atoms. The van der Waals surface area contributed by atoms with Gasteiger partial charge in [0.2, 0.25) is 0 Å². The zero-order valence-corrected chi connectivity index (χ0v) is 21.5. The molecular weight excluding hydrogens is 446 g/mol. The second-order valence-electron chi connectivity index (χ2n) is 9.64. The van der Waals surface area contributed by atoms with Crippen molar-refractivity contribution in [3.8, 4) is 11.5 Å². The Morgan fingerprint density at radius 2 is 0.889 bits per heavy atom. The van der Waals surface area contributed by atoms with E-state index in [1.807, 2.05) is 0 Å². The molecule has 0 atom stereocenters. The number of pyridine rings is 1. The van der Waals surface area contributed by atoms with Crippen molar-refractivity contribution in [2.45, 2.75) is 77.5 Å². The summed E-state index contributed by atoms with van der Waals surface area (Å²) in [6.45, 7) is 4.70. The molecule has 4 aliphatic heterocycles. The normalized spacial score (nSPS) is 17.2. The van der Waals surface area contributed by atoms with Crippen molar-refractivity contribution >= 4 is 0 Å². The van der Waals surface area contributed by atoms with Crippen molar-refractivity contribution < 1.29 is 9.47 Å². The van der Waals surface area contributed by atoms with Crippen molar-refractivity contribution in [2.24, 2.45) is 0 Å². The van der Waals surface area contributed by atoms with Crippen molar-refractivity contribution in [2.75, 3.05) is 13.2 Å². The quantitative estimate of drug-likeness (QED) is 0.376. The molecule has 3 aromatic rings. The lowest BCUT2D eigenvalue weighted by atomic mass is 10.1. The van der Waals surface area contributed by atoms with Gasteiger partial charge in [0, 0.05) is 26.2 Å². The average molecular weight is 488 g/mol. The van der Waals surface area contributed by atoms with Gasteiger partial charge in [-0.2, -0.15) is 0 Å². The zero-order valence-electron chi connectivity index (χ0n) is 21.5. The Morgan fingerprint density at radius 1 is 0.472 bits per heavy atom. The Morgan fingerprint density at radius 3 is 1.33 bits per heavy atom. The molecule has 2 N–H and O–H groups in total. The first-order valence-corrected chi connectivity index (χ1v) is 13.6. The highest BCUT2D eigenvalue weighted by atomic mass is 16.5. The molecular formula is C31H41N3O2. The monoisotopic (exact) mass is 487 g/mol. The van der Waals surface area contributed by atoms with Crippen molar-refractivity contribution in [1.29, 1.82) is 0 Å². The first-order valence-electron chi connectivity index (χ1n) is 13.6. The van der Waals surface area contributed by atoms with E-state index in [2.05, 4.69) is 77.4 Å². The first-order chi connectivity index (χ1) is 17.8. The van der Waals surface area contributed by atoms with Crippen LogP contribution in [0.2, 0.25) is 0 Å². The maximum absolute atomic E-state index is 5.93. The highest BCUT2D eigenvalue weighted by Gasteiger charge is 2.02. The van der Waals surface area contributed by atoms with Crippen LogP contribution in [0.3, 0.4) is 0 Å². The van der Waals surface area contributed by atoms with Crippen LogP contribution in [0, 0.1) is 0 Å². The topological polar surface area (TPSA) is 55.4 Å². The summed E-state index contributed by atoms with van der Waals surface area (Å²) in [5, 5.41) is 7.02. The second-order valence-corrected chi connectivity index (χ2v) is 9.64.